The Hall–Kier alpha value is -3.83. The van der Waals surface area contributed by atoms with Gasteiger partial charge in [0.1, 0.15) is 5.82 Å². The number of piperidine rings is 1. The number of hydrogen-bond donors (Lipinski definition) is 0. The van der Waals surface area contributed by atoms with E-state index < -0.39 is 0 Å². The van der Waals surface area contributed by atoms with Crippen LogP contribution in [0.3, 0.4) is 0 Å². The first-order chi connectivity index (χ1) is 21.7. The maximum absolute atomic E-state index is 12.2. The molecule has 1 unspecified atom stereocenters. The van der Waals surface area contributed by atoms with Crippen LogP contribution in [0, 0.1) is 25.6 Å². The van der Waals surface area contributed by atoms with E-state index in [0.717, 1.165) is 68.7 Å². The van der Waals surface area contributed by atoms with E-state index in [-0.39, 0.29) is 11.9 Å². The molecule has 4 rings (SSSR count). The van der Waals surface area contributed by atoms with Crippen molar-refractivity contribution in [1.82, 2.24) is 14.8 Å². The first kappa shape index (κ1) is 35.6. The van der Waals surface area contributed by atoms with Crippen molar-refractivity contribution in [3.8, 4) is 0 Å². The Kier molecular flexibility index (Phi) is 14.4. The van der Waals surface area contributed by atoms with Gasteiger partial charge in [0.05, 0.1) is 11.7 Å². The van der Waals surface area contributed by atoms with Crippen molar-refractivity contribution in [3.05, 3.63) is 131 Å². The van der Waals surface area contributed by atoms with Crippen LogP contribution >= 0.6 is 0 Å². The van der Waals surface area contributed by atoms with Crippen molar-refractivity contribution in [1.29, 1.82) is 0 Å². The summed E-state index contributed by atoms with van der Waals surface area (Å²) in [6.45, 7) is 24.4. The fourth-order valence-electron chi connectivity index (χ4n) is 6.05. The third-order valence-electron chi connectivity index (χ3n) is 8.58. The smallest absolute Gasteiger partial charge is 0.123 e. The first-order valence-electron chi connectivity index (χ1n) is 16.4. The Morgan fingerprint density at radius 2 is 1.96 bits per heavy atom. The molecule has 2 aromatic rings. The highest BCUT2D eigenvalue weighted by atomic mass is 19.1. The van der Waals surface area contributed by atoms with Crippen LogP contribution < -0.4 is 0 Å². The van der Waals surface area contributed by atoms with Gasteiger partial charge in [0, 0.05) is 42.0 Å². The van der Waals surface area contributed by atoms with Gasteiger partial charge in [-0.3, -0.25) is 14.9 Å². The molecule has 1 fully saturated rings. The molecule has 0 amide bonds. The summed E-state index contributed by atoms with van der Waals surface area (Å²) in [5.41, 5.74) is 9.65. The average molecular weight is 609 g/mol. The molecule has 2 aliphatic rings. The van der Waals surface area contributed by atoms with Gasteiger partial charge in [0.25, 0.3) is 0 Å². The fourth-order valence-corrected chi connectivity index (χ4v) is 6.05. The SMILES string of the molecule is C=C/C=C(\N=CC)C(C)N(C(=C)C1CCN(Cc2ccnc(C)c2/C=C\CC)CC1)C1=C(C)CCC=C1.Cc1cccc(F)c1. The second-order valence-corrected chi connectivity index (χ2v) is 12.0. The zero-order valence-corrected chi connectivity index (χ0v) is 28.4. The number of likely N-dealkylation sites (tertiary alicyclic amines) is 1. The lowest BCUT2D eigenvalue weighted by atomic mass is 9.90. The third kappa shape index (κ3) is 10.4. The summed E-state index contributed by atoms with van der Waals surface area (Å²) in [6.07, 6.45) is 22.2. The monoisotopic (exact) mass is 608 g/mol. The van der Waals surface area contributed by atoms with Crippen molar-refractivity contribution >= 4 is 12.3 Å². The molecule has 240 valence electrons. The number of hydrogen-bond acceptors (Lipinski definition) is 4. The lowest BCUT2D eigenvalue weighted by Crippen LogP contribution is -2.40. The highest BCUT2D eigenvalue weighted by Gasteiger charge is 2.30. The van der Waals surface area contributed by atoms with E-state index in [1.54, 1.807) is 6.07 Å². The molecule has 0 bridgehead atoms. The number of halogens is 1. The number of aromatic nitrogens is 1. The van der Waals surface area contributed by atoms with Crippen molar-refractivity contribution in [2.24, 2.45) is 10.9 Å². The van der Waals surface area contributed by atoms with Crippen LogP contribution in [0.5, 0.6) is 0 Å². The number of allylic oxidation sites excluding steroid dienone is 7. The molecule has 0 spiro atoms. The predicted octanol–water partition coefficient (Wildman–Crippen LogP) is 10.1. The number of pyridine rings is 1. The highest BCUT2D eigenvalue weighted by molar-refractivity contribution is 5.56. The number of aryl methyl sites for hydroxylation is 2. The molecule has 0 N–H and O–H groups in total. The molecule has 1 aromatic carbocycles. The van der Waals surface area contributed by atoms with E-state index in [1.165, 1.54) is 40.2 Å². The number of aliphatic imine (C=N–C) groups is 1. The molecule has 2 heterocycles. The molecule has 5 heteroatoms. The fraction of sp³-hybridized carbons (Fsp3) is 0.400. The van der Waals surface area contributed by atoms with E-state index >= 15 is 0 Å². The van der Waals surface area contributed by atoms with Crippen molar-refractivity contribution in [3.63, 3.8) is 0 Å². The summed E-state index contributed by atoms with van der Waals surface area (Å²) in [4.78, 5) is 14.3. The van der Waals surface area contributed by atoms with E-state index in [2.05, 4.69) is 79.4 Å². The molecule has 1 aliphatic carbocycles. The molecule has 1 aliphatic heterocycles. The normalized spacial score (nSPS) is 17.0. The van der Waals surface area contributed by atoms with E-state index in [1.807, 2.05) is 44.5 Å². The Labute approximate surface area is 272 Å². The van der Waals surface area contributed by atoms with E-state index in [0.29, 0.717) is 5.92 Å². The van der Waals surface area contributed by atoms with Gasteiger partial charge in [-0.2, -0.15) is 0 Å². The van der Waals surface area contributed by atoms with Gasteiger partial charge < -0.3 is 4.90 Å². The average Bonchev–Trinajstić information content (AvgIpc) is 3.02. The zero-order valence-electron chi connectivity index (χ0n) is 28.4. The summed E-state index contributed by atoms with van der Waals surface area (Å²) in [6, 6.07) is 8.77. The van der Waals surface area contributed by atoms with Crippen molar-refractivity contribution in [2.75, 3.05) is 13.1 Å². The number of nitrogens with zero attached hydrogens (tertiary/aromatic N) is 4. The van der Waals surface area contributed by atoms with Gasteiger partial charge in [-0.15, -0.1) is 0 Å². The zero-order chi connectivity index (χ0) is 32.8. The summed E-state index contributed by atoms with van der Waals surface area (Å²) in [7, 11) is 0. The lowest BCUT2D eigenvalue weighted by Gasteiger charge is -2.41. The van der Waals surface area contributed by atoms with Crippen LogP contribution in [-0.2, 0) is 6.54 Å². The van der Waals surface area contributed by atoms with Gasteiger partial charge in [-0.1, -0.05) is 56.5 Å². The molecule has 45 heavy (non-hydrogen) atoms. The molecular formula is C40H53FN4. The number of benzene rings is 1. The summed E-state index contributed by atoms with van der Waals surface area (Å²) in [5, 5.41) is 0. The number of rotatable bonds is 11. The first-order valence-corrected chi connectivity index (χ1v) is 16.4. The molecular weight excluding hydrogens is 555 g/mol. The topological polar surface area (TPSA) is 31.7 Å². The highest BCUT2D eigenvalue weighted by Crippen LogP contribution is 2.35. The second-order valence-electron chi connectivity index (χ2n) is 12.0. The predicted molar refractivity (Wildman–Crippen MR) is 191 cm³/mol. The standard InChI is InChI=1S/C33H46N4.C7H7F/c1-8-11-16-31-26(5)35-21-18-30(31)24-36-22-19-29(20-23-36)27(6)37(33-17-13-12-15-25(33)4)28(7)32(14-9-2)34-10-3;1-6-3-2-4-7(8)5-6/h9-11,13-14,16-18,21,28-29H,2,6,8,12,15,19-20,22-24H2,1,3-5,7H3;2-5H,1H3/b16-11-,32-14-,34-10?;. The molecule has 0 saturated carbocycles. The van der Waals surface area contributed by atoms with Crippen LogP contribution in [0.2, 0.25) is 0 Å². The largest absolute Gasteiger partial charge is 0.337 e. The Balaban J connectivity index is 0.000000598. The van der Waals surface area contributed by atoms with Crippen LogP contribution in [0.4, 0.5) is 4.39 Å². The second kappa shape index (κ2) is 18.2. The Morgan fingerprint density at radius 1 is 1.20 bits per heavy atom. The van der Waals surface area contributed by atoms with E-state index in [4.69, 9.17) is 11.6 Å². The quantitative estimate of drug-likeness (QED) is 0.188. The molecule has 1 saturated heterocycles. The summed E-state index contributed by atoms with van der Waals surface area (Å²) in [5.74, 6) is 0.286. The van der Waals surface area contributed by atoms with Crippen LogP contribution in [0.15, 0.2) is 108 Å². The van der Waals surface area contributed by atoms with Gasteiger partial charge in [0.15, 0.2) is 0 Å². The maximum Gasteiger partial charge on any atom is 0.123 e. The van der Waals surface area contributed by atoms with Crippen LogP contribution in [-0.4, -0.2) is 40.1 Å². The Morgan fingerprint density at radius 3 is 2.56 bits per heavy atom. The minimum Gasteiger partial charge on any atom is -0.337 e. The maximum atomic E-state index is 12.2. The molecule has 1 atom stereocenters. The van der Waals surface area contributed by atoms with Crippen molar-refractivity contribution in [2.45, 2.75) is 86.2 Å². The lowest BCUT2D eigenvalue weighted by molar-refractivity contribution is 0.173. The minimum absolute atomic E-state index is 0.0835. The van der Waals surface area contributed by atoms with Crippen LogP contribution in [0.25, 0.3) is 6.08 Å². The Bertz CT molecular complexity index is 1420. The van der Waals surface area contributed by atoms with E-state index in [9.17, 15) is 4.39 Å². The van der Waals surface area contributed by atoms with Gasteiger partial charge >= 0.3 is 0 Å². The molecule has 4 nitrogen and oxygen atoms in total. The van der Waals surface area contributed by atoms with Gasteiger partial charge in [-0.25, -0.2) is 4.39 Å². The molecule has 0 radical (unpaired) electrons. The molecule has 1 aromatic heterocycles. The summed E-state index contributed by atoms with van der Waals surface area (Å²) >= 11 is 0. The van der Waals surface area contributed by atoms with Gasteiger partial charge in [0.2, 0.25) is 0 Å². The van der Waals surface area contributed by atoms with Crippen molar-refractivity contribution < 1.29 is 4.39 Å². The third-order valence-corrected chi connectivity index (χ3v) is 8.58. The minimum atomic E-state index is -0.162. The summed E-state index contributed by atoms with van der Waals surface area (Å²) < 4.78 is 12.2. The van der Waals surface area contributed by atoms with Gasteiger partial charge in [-0.05, 0) is 132 Å². The van der Waals surface area contributed by atoms with Crippen LogP contribution in [0.1, 0.15) is 82.2 Å².